The molecule has 0 aromatic heterocycles. The Labute approximate surface area is 99.2 Å². The Morgan fingerprint density at radius 1 is 1.65 bits per heavy atom. The molecule has 0 aromatic carbocycles. The molecular weight excluding hydrogens is 226 g/mol. The molecule has 1 fully saturated rings. The van der Waals surface area contributed by atoms with Crippen molar-refractivity contribution in [2.45, 2.75) is 25.4 Å². The molecule has 1 rings (SSSR count). The Balaban J connectivity index is 2.82. The summed E-state index contributed by atoms with van der Waals surface area (Å²) in [4.78, 5) is 35.5. The fraction of sp³-hybridized carbons (Fsp3) is 0.700. The number of aliphatic carboxylic acids is 1. The molecule has 1 aliphatic rings. The molecule has 0 radical (unpaired) electrons. The normalized spacial score (nSPS) is 21.9. The summed E-state index contributed by atoms with van der Waals surface area (Å²) in [6, 6.07) is -1.35. The second-order valence-corrected chi connectivity index (χ2v) is 3.95. The second kappa shape index (κ2) is 5.62. The van der Waals surface area contributed by atoms with Gasteiger partial charge in [0.1, 0.15) is 6.04 Å². The third-order valence-corrected chi connectivity index (χ3v) is 2.79. The predicted octanol–water partition coefficient (Wildman–Crippen LogP) is -1.60. The summed E-state index contributed by atoms with van der Waals surface area (Å²) in [5.41, 5.74) is 0. The van der Waals surface area contributed by atoms with Crippen LogP contribution in [0.4, 0.5) is 0 Å². The maximum absolute atomic E-state index is 12.0. The van der Waals surface area contributed by atoms with E-state index in [1.54, 1.807) is 14.0 Å². The first-order valence-electron chi connectivity index (χ1n) is 5.44. The van der Waals surface area contributed by atoms with Gasteiger partial charge in [0, 0.05) is 13.1 Å². The molecule has 0 saturated carbocycles. The largest absolute Gasteiger partial charge is 0.481 e. The highest BCUT2D eigenvalue weighted by atomic mass is 16.4. The van der Waals surface area contributed by atoms with Crippen molar-refractivity contribution in [3.05, 3.63) is 0 Å². The lowest BCUT2D eigenvalue weighted by molar-refractivity contribution is -0.149. The molecule has 0 aliphatic carbocycles. The van der Waals surface area contributed by atoms with Gasteiger partial charge in [-0.25, -0.2) is 0 Å². The highest BCUT2D eigenvalue weighted by molar-refractivity contribution is 5.93. The molecule has 2 atom stereocenters. The van der Waals surface area contributed by atoms with Crippen molar-refractivity contribution >= 4 is 17.8 Å². The van der Waals surface area contributed by atoms with Gasteiger partial charge < -0.3 is 20.6 Å². The van der Waals surface area contributed by atoms with E-state index in [0.717, 1.165) is 0 Å². The molecule has 0 bridgehead atoms. The zero-order valence-electron chi connectivity index (χ0n) is 9.90. The Bertz CT molecular complexity index is 332. The smallest absolute Gasteiger partial charge is 0.305 e. The maximum Gasteiger partial charge on any atom is 0.305 e. The van der Waals surface area contributed by atoms with E-state index in [9.17, 15) is 14.4 Å². The Hall–Kier alpha value is -1.63. The van der Waals surface area contributed by atoms with Crippen molar-refractivity contribution < 1.29 is 19.5 Å². The minimum atomic E-state index is -1.10. The number of piperazine rings is 1. The summed E-state index contributed by atoms with van der Waals surface area (Å²) in [7, 11) is 1.64. The highest BCUT2D eigenvalue weighted by Crippen LogP contribution is 2.10. The molecule has 0 aromatic rings. The monoisotopic (exact) mass is 243 g/mol. The van der Waals surface area contributed by atoms with Crippen LogP contribution in [0.3, 0.4) is 0 Å². The molecule has 1 saturated heterocycles. The van der Waals surface area contributed by atoms with E-state index in [1.165, 1.54) is 4.90 Å². The number of carbonyl (C=O) groups is 3. The number of hydrogen-bond acceptors (Lipinski definition) is 4. The zero-order chi connectivity index (χ0) is 13.0. The lowest BCUT2D eigenvalue weighted by atomic mass is 10.1. The van der Waals surface area contributed by atoms with Crippen molar-refractivity contribution in [3.8, 4) is 0 Å². The van der Waals surface area contributed by atoms with Gasteiger partial charge in [0.15, 0.2) is 0 Å². The summed E-state index contributed by atoms with van der Waals surface area (Å²) < 4.78 is 0. The first-order valence-corrected chi connectivity index (χ1v) is 5.44. The number of amides is 2. The van der Waals surface area contributed by atoms with Crippen molar-refractivity contribution in [2.24, 2.45) is 0 Å². The van der Waals surface area contributed by atoms with Gasteiger partial charge in [-0.3, -0.25) is 14.4 Å². The van der Waals surface area contributed by atoms with E-state index in [4.69, 9.17) is 5.11 Å². The zero-order valence-corrected chi connectivity index (χ0v) is 9.90. The average molecular weight is 243 g/mol. The minimum absolute atomic E-state index is 0.256. The first-order chi connectivity index (χ1) is 7.97. The fourth-order valence-corrected chi connectivity index (χ4v) is 1.72. The van der Waals surface area contributed by atoms with Crippen molar-refractivity contribution in [1.29, 1.82) is 0 Å². The van der Waals surface area contributed by atoms with Gasteiger partial charge in [-0.15, -0.1) is 0 Å². The first kappa shape index (κ1) is 13.4. The number of carboxylic acids is 1. The molecule has 96 valence electrons. The molecule has 0 spiro atoms. The molecule has 1 aliphatic heterocycles. The topological polar surface area (TPSA) is 98.7 Å². The van der Waals surface area contributed by atoms with Gasteiger partial charge in [-0.2, -0.15) is 0 Å². The third-order valence-electron chi connectivity index (χ3n) is 2.79. The predicted molar refractivity (Wildman–Crippen MR) is 59.3 cm³/mol. The van der Waals surface area contributed by atoms with Gasteiger partial charge in [-0.1, -0.05) is 0 Å². The van der Waals surface area contributed by atoms with Crippen LogP contribution in [0.2, 0.25) is 0 Å². The number of carboxylic acid groups (broad SMARTS) is 1. The lowest BCUT2D eigenvalue weighted by Gasteiger charge is -2.35. The lowest BCUT2D eigenvalue weighted by Crippen LogP contribution is -2.60. The van der Waals surface area contributed by atoms with Crippen LogP contribution in [-0.4, -0.2) is 60.0 Å². The molecule has 2 unspecified atom stereocenters. The van der Waals surface area contributed by atoms with Gasteiger partial charge in [-0.05, 0) is 14.0 Å². The Morgan fingerprint density at radius 2 is 2.29 bits per heavy atom. The number of carbonyl (C=O) groups excluding carboxylic acids is 2. The van der Waals surface area contributed by atoms with Crippen molar-refractivity contribution in [3.63, 3.8) is 0 Å². The van der Waals surface area contributed by atoms with Crippen molar-refractivity contribution in [1.82, 2.24) is 15.5 Å². The summed E-state index contributed by atoms with van der Waals surface area (Å²) in [6.45, 7) is 2.37. The number of nitrogens with zero attached hydrogens (tertiary/aromatic N) is 1. The molecule has 17 heavy (non-hydrogen) atoms. The van der Waals surface area contributed by atoms with Crippen LogP contribution in [0.25, 0.3) is 0 Å². The van der Waals surface area contributed by atoms with E-state index in [-0.39, 0.29) is 12.3 Å². The maximum atomic E-state index is 12.0. The number of nitrogens with one attached hydrogen (secondary N) is 2. The molecule has 1 heterocycles. The standard InChI is InChI=1S/C10H17N3O4/c1-6(11-2)10(17)13-4-3-12-9(16)7(13)5-8(14)15/h6-7,11H,3-5H2,1-2H3,(H,12,16)(H,14,15). The number of hydrogen-bond donors (Lipinski definition) is 3. The summed E-state index contributed by atoms with van der Waals surface area (Å²) >= 11 is 0. The fourth-order valence-electron chi connectivity index (χ4n) is 1.72. The van der Waals surface area contributed by atoms with Crippen LogP contribution >= 0.6 is 0 Å². The SMILES string of the molecule is CNC(C)C(=O)N1CCNC(=O)C1CC(=O)O. The van der Waals surface area contributed by atoms with Crippen LogP contribution in [0.5, 0.6) is 0 Å². The van der Waals surface area contributed by atoms with Gasteiger partial charge in [0.2, 0.25) is 11.8 Å². The van der Waals surface area contributed by atoms with Gasteiger partial charge in [0.25, 0.3) is 0 Å². The van der Waals surface area contributed by atoms with E-state index in [2.05, 4.69) is 10.6 Å². The quantitative estimate of drug-likeness (QED) is 0.552. The average Bonchev–Trinajstić information content (AvgIpc) is 2.29. The van der Waals surface area contributed by atoms with Crippen LogP contribution in [0.15, 0.2) is 0 Å². The van der Waals surface area contributed by atoms with E-state index >= 15 is 0 Å². The summed E-state index contributed by atoms with van der Waals surface area (Å²) in [5, 5.41) is 14.1. The third kappa shape index (κ3) is 3.16. The van der Waals surface area contributed by atoms with E-state index in [0.29, 0.717) is 13.1 Å². The number of rotatable bonds is 4. The van der Waals surface area contributed by atoms with Crippen molar-refractivity contribution in [2.75, 3.05) is 20.1 Å². The van der Waals surface area contributed by atoms with Crippen LogP contribution in [0.1, 0.15) is 13.3 Å². The number of likely N-dealkylation sites (N-methyl/N-ethyl adjacent to an activating group) is 1. The van der Waals surface area contributed by atoms with E-state index < -0.39 is 24.0 Å². The second-order valence-electron chi connectivity index (χ2n) is 3.95. The Kier molecular flexibility index (Phi) is 4.45. The van der Waals surface area contributed by atoms with Gasteiger partial charge >= 0.3 is 5.97 Å². The molecule has 3 N–H and O–H groups in total. The molecule has 2 amide bonds. The summed E-state index contributed by atoms with van der Waals surface area (Å²) in [6.07, 6.45) is -0.367. The Morgan fingerprint density at radius 3 is 2.82 bits per heavy atom. The van der Waals surface area contributed by atoms with Crippen LogP contribution in [-0.2, 0) is 14.4 Å². The minimum Gasteiger partial charge on any atom is -0.481 e. The molecule has 7 heteroatoms. The van der Waals surface area contributed by atoms with Crippen LogP contribution in [0, 0.1) is 0 Å². The molecular formula is C10H17N3O4. The molecule has 7 nitrogen and oxygen atoms in total. The highest BCUT2D eigenvalue weighted by Gasteiger charge is 2.35. The summed E-state index contributed by atoms with van der Waals surface area (Å²) in [5.74, 6) is -1.76. The van der Waals surface area contributed by atoms with Gasteiger partial charge in [0.05, 0.1) is 12.5 Å². The van der Waals surface area contributed by atoms with E-state index in [1.807, 2.05) is 0 Å². The van der Waals surface area contributed by atoms with Crippen LogP contribution < -0.4 is 10.6 Å².